The van der Waals surface area contributed by atoms with Crippen molar-refractivity contribution < 1.29 is 0 Å². The average Bonchev–Trinajstić information content (AvgIpc) is 2.93. The Kier molecular flexibility index (Phi) is 5.29. The first kappa shape index (κ1) is 14.7. The van der Waals surface area contributed by atoms with E-state index in [-0.39, 0.29) is 0 Å². The minimum atomic E-state index is 0.704. The molecular formula is C14H21N5S. The molecule has 0 aliphatic rings. The van der Waals surface area contributed by atoms with Crippen LogP contribution in [0.4, 0.5) is 11.6 Å². The van der Waals surface area contributed by atoms with Crippen LogP contribution in [0, 0.1) is 6.92 Å². The number of rotatable bonds is 7. The lowest BCUT2D eigenvalue weighted by molar-refractivity contribution is 0.956. The van der Waals surface area contributed by atoms with E-state index in [9.17, 15) is 0 Å². The normalized spacial score (nSPS) is 10.6. The Hall–Kier alpha value is -1.69. The van der Waals surface area contributed by atoms with Gasteiger partial charge in [-0.2, -0.15) is 0 Å². The molecule has 0 bridgehead atoms. The van der Waals surface area contributed by atoms with Crippen LogP contribution in [-0.2, 0) is 13.0 Å². The molecule has 2 heterocycles. The van der Waals surface area contributed by atoms with Crippen LogP contribution in [0.25, 0.3) is 0 Å². The molecule has 0 saturated carbocycles. The topological polar surface area (TPSA) is 62.7 Å². The summed E-state index contributed by atoms with van der Waals surface area (Å²) >= 11 is 1.74. The maximum atomic E-state index is 4.40. The van der Waals surface area contributed by atoms with Crippen LogP contribution >= 0.6 is 11.3 Å². The fourth-order valence-corrected chi connectivity index (χ4v) is 2.60. The minimum Gasteiger partial charge on any atom is -0.370 e. The van der Waals surface area contributed by atoms with Gasteiger partial charge in [-0.25, -0.2) is 15.0 Å². The van der Waals surface area contributed by atoms with Crippen molar-refractivity contribution in [2.45, 2.75) is 40.2 Å². The quantitative estimate of drug-likeness (QED) is 0.820. The molecule has 2 rings (SSSR count). The minimum absolute atomic E-state index is 0.704. The molecule has 108 valence electrons. The molecule has 0 radical (unpaired) electrons. The molecular weight excluding hydrogens is 270 g/mol. The molecule has 0 unspecified atom stereocenters. The van der Waals surface area contributed by atoms with Gasteiger partial charge in [0, 0.05) is 23.2 Å². The summed E-state index contributed by atoms with van der Waals surface area (Å²) in [5, 5.41) is 7.74. The summed E-state index contributed by atoms with van der Waals surface area (Å²) in [6.07, 6.45) is 5.65. The molecule has 20 heavy (non-hydrogen) atoms. The molecule has 2 N–H and O–H groups in total. The van der Waals surface area contributed by atoms with Gasteiger partial charge < -0.3 is 10.6 Å². The van der Waals surface area contributed by atoms with Gasteiger partial charge in [-0.05, 0) is 19.8 Å². The lowest BCUT2D eigenvalue weighted by Gasteiger charge is -2.11. The zero-order valence-corrected chi connectivity index (χ0v) is 13.0. The molecule has 0 fully saturated rings. The largest absolute Gasteiger partial charge is 0.370 e. The highest BCUT2D eigenvalue weighted by Gasteiger charge is 2.07. The summed E-state index contributed by atoms with van der Waals surface area (Å²) in [4.78, 5) is 14.3. The lowest BCUT2D eigenvalue weighted by atomic mass is 10.3. The summed E-state index contributed by atoms with van der Waals surface area (Å²) in [5.74, 6) is 1.77. The van der Waals surface area contributed by atoms with Crippen molar-refractivity contribution in [1.82, 2.24) is 15.0 Å². The van der Waals surface area contributed by atoms with E-state index in [1.54, 1.807) is 17.7 Å². The predicted molar refractivity (Wildman–Crippen MR) is 84.4 cm³/mol. The van der Waals surface area contributed by atoms with Gasteiger partial charge in [0.05, 0.1) is 6.54 Å². The third-order valence-electron chi connectivity index (χ3n) is 2.98. The van der Waals surface area contributed by atoms with E-state index in [0.717, 1.165) is 41.6 Å². The van der Waals surface area contributed by atoms with Gasteiger partial charge in [-0.1, -0.05) is 13.8 Å². The molecule has 6 heteroatoms. The van der Waals surface area contributed by atoms with E-state index in [0.29, 0.717) is 6.54 Å². The molecule has 0 aliphatic heterocycles. The molecule has 0 amide bonds. The number of aryl methyl sites for hydroxylation is 1. The van der Waals surface area contributed by atoms with Crippen molar-refractivity contribution in [3.63, 3.8) is 0 Å². The van der Waals surface area contributed by atoms with Gasteiger partial charge in [0.25, 0.3) is 0 Å². The van der Waals surface area contributed by atoms with Gasteiger partial charge in [-0.15, -0.1) is 11.3 Å². The van der Waals surface area contributed by atoms with Crippen molar-refractivity contribution in [3.8, 4) is 0 Å². The Morgan fingerprint density at radius 1 is 1.10 bits per heavy atom. The number of anilines is 2. The Labute approximate surface area is 123 Å². The first-order valence-electron chi connectivity index (χ1n) is 6.97. The molecule has 0 spiro atoms. The van der Waals surface area contributed by atoms with E-state index in [4.69, 9.17) is 0 Å². The van der Waals surface area contributed by atoms with E-state index in [2.05, 4.69) is 39.4 Å². The van der Waals surface area contributed by atoms with Crippen LogP contribution in [0.1, 0.15) is 35.7 Å². The molecule has 2 aromatic rings. The van der Waals surface area contributed by atoms with Gasteiger partial charge in [0.1, 0.15) is 23.0 Å². The van der Waals surface area contributed by atoms with Crippen molar-refractivity contribution in [3.05, 3.63) is 28.0 Å². The standard InChI is InChI=1S/C14H21N5S/c1-4-6-15-13-10(3)14(19-9-18-13)17-8-12-16-7-11(5-2)20-12/h7,9H,4-6,8H2,1-3H3,(H2,15,17,18,19). The van der Waals surface area contributed by atoms with E-state index >= 15 is 0 Å². The SMILES string of the molecule is CCCNc1ncnc(NCc2ncc(CC)s2)c1C. The lowest BCUT2D eigenvalue weighted by Crippen LogP contribution is -2.08. The summed E-state index contributed by atoms with van der Waals surface area (Å²) in [7, 11) is 0. The second-order valence-corrected chi connectivity index (χ2v) is 5.75. The second-order valence-electron chi connectivity index (χ2n) is 4.55. The second kappa shape index (κ2) is 7.19. The summed E-state index contributed by atoms with van der Waals surface area (Å²) < 4.78 is 0. The smallest absolute Gasteiger partial charge is 0.134 e. The highest BCUT2D eigenvalue weighted by molar-refractivity contribution is 7.11. The Morgan fingerprint density at radius 2 is 1.85 bits per heavy atom. The summed E-state index contributed by atoms with van der Waals surface area (Å²) in [5.41, 5.74) is 1.05. The van der Waals surface area contributed by atoms with Crippen LogP contribution in [0.15, 0.2) is 12.5 Å². The van der Waals surface area contributed by atoms with Gasteiger partial charge in [0.15, 0.2) is 0 Å². The number of nitrogens with zero attached hydrogens (tertiary/aromatic N) is 3. The van der Waals surface area contributed by atoms with Crippen molar-refractivity contribution in [2.75, 3.05) is 17.2 Å². The van der Waals surface area contributed by atoms with Crippen LogP contribution in [0.3, 0.4) is 0 Å². The summed E-state index contributed by atoms with van der Waals surface area (Å²) in [6, 6.07) is 0. The van der Waals surface area contributed by atoms with Crippen LogP contribution in [-0.4, -0.2) is 21.5 Å². The van der Waals surface area contributed by atoms with E-state index in [1.807, 2.05) is 13.1 Å². The molecule has 0 aliphatic carbocycles. The Balaban J connectivity index is 2.01. The third-order valence-corrected chi connectivity index (χ3v) is 4.13. The Bertz CT molecular complexity index is 552. The van der Waals surface area contributed by atoms with Gasteiger partial charge in [-0.3, -0.25) is 0 Å². The first-order valence-corrected chi connectivity index (χ1v) is 7.79. The molecule has 5 nitrogen and oxygen atoms in total. The van der Waals surface area contributed by atoms with Crippen LogP contribution in [0.2, 0.25) is 0 Å². The fraction of sp³-hybridized carbons (Fsp3) is 0.500. The van der Waals surface area contributed by atoms with Gasteiger partial charge in [0.2, 0.25) is 0 Å². The van der Waals surface area contributed by atoms with Crippen molar-refractivity contribution in [2.24, 2.45) is 0 Å². The number of hydrogen-bond acceptors (Lipinski definition) is 6. The number of aromatic nitrogens is 3. The maximum Gasteiger partial charge on any atom is 0.134 e. The van der Waals surface area contributed by atoms with Crippen LogP contribution in [0.5, 0.6) is 0 Å². The highest BCUT2D eigenvalue weighted by Crippen LogP contribution is 2.20. The average molecular weight is 291 g/mol. The fourth-order valence-electron chi connectivity index (χ4n) is 1.80. The molecule has 2 aromatic heterocycles. The van der Waals surface area contributed by atoms with Crippen molar-refractivity contribution >= 4 is 23.0 Å². The van der Waals surface area contributed by atoms with Crippen molar-refractivity contribution in [1.29, 1.82) is 0 Å². The monoisotopic (exact) mass is 291 g/mol. The number of nitrogens with one attached hydrogen (secondary N) is 2. The highest BCUT2D eigenvalue weighted by atomic mass is 32.1. The van der Waals surface area contributed by atoms with Crippen LogP contribution < -0.4 is 10.6 Å². The van der Waals surface area contributed by atoms with E-state index in [1.165, 1.54) is 4.88 Å². The zero-order valence-electron chi connectivity index (χ0n) is 12.2. The molecule has 0 atom stereocenters. The van der Waals surface area contributed by atoms with Gasteiger partial charge >= 0.3 is 0 Å². The molecule has 0 saturated heterocycles. The number of hydrogen-bond donors (Lipinski definition) is 2. The molecule has 0 aromatic carbocycles. The van der Waals surface area contributed by atoms with E-state index < -0.39 is 0 Å². The maximum absolute atomic E-state index is 4.40. The summed E-state index contributed by atoms with van der Waals surface area (Å²) in [6.45, 7) is 7.93. The zero-order chi connectivity index (χ0) is 14.4. The third kappa shape index (κ3) is 3.66. The Morgan fingerprint density at radius 3 is 2.50 bits per heavy atom. The predicted octanol–water partition coefficient (Wildman–Crippen LogP) is 3.24. The number of thiazole rings is 1. The first-order chi connectivity index (χ1) is 9.74.